The van der Waals surface area contributed by atoms with E-state index in [0.29, 0.717) is 6.04 Å². The van der Waals surface area contributed by atoms with Crippen LogP contribution in [0, 0.1) is 12.8 Å². The number of hydrogen-bond donors (Lipinski definition) is 2. The average molecular weight is 287 g/mol. The smallest absolute Gasteiger partial charge is 0.172 e. The fourth-order valence-corrected chi connectivity index (χ4v) is 4.20. The van der Waals surface area contributed by atoms with Crippen molar-refractivity contribution in [1.82, 2.24) is 0 Å². The molecule has 1 aliphatic heterocycles. The molecule has 2 atom stereocenters. The van der Waals surface area contributed by atoms with E-state index < -0.39 is 0 Å². The predicted molar refractivity (Wildman–Crippen MR) is 86.0 cm³/mol. The van der Waals surface area contributed by atoms with Gasteiger partial charge in [0.2, 0.25) is 0 Å². The standard InChI is InChI=1S/C17H25N3O/c1-12-6-4-9-14(17(18)19-21)16(12)20-11-5-8-13-7-2-3-10-15(13)20/h4,6,9,13,15,21H,2-3,5,7-8,10-11H2,1H3,(H2,18,19)/t13-,15-/m1/s1. The van der Waals surface area contributed by atoms with Crippen LogP contribution in [-0.2, 0) is 0 Å². The quantitative estimate of drug-likeness (QED) is 0.380. The molecule has 3 N–H and O–H groups in total. The van der Waals surface area contributed by atoms with Crippen LogP contribution in [-0.4, -0.2) is 23.6 Å². The van der Waals surface area contributed by atoms with Crippen LogP contribution < -0.4 is 10.6 Å². The van der Waals surface area contributed by atoms with Crippen LogP contribution in [0.1, 0.15) is 49.7 Å². The Bertz CT molecular complexity index is 539. The summed E-state index contributed by atoms with van der Waals surface area (Å²) in [6.07, 6.45) is 7.91. The fourth-order valence-electron chi connectivity index (χ4n) is 4.20. The number of aryl methyl sites for hydroxylation is 1. The van der Waals surface area contributed by atoms with Crippen LogP contribution >= 0.6 is 0 Å². The lowest BCUT2D eigenvalue weighted by Crippen LogP contribution is -2.47. The van der Waals surface area contributed by atoms with Gasteiger partial charge in [0.05, 0.1) is 5.69 Å². The maximum atomic E-state index is 9.08. The first-order valence-electron chi connectivity index (χ1n) is 8.06. The van der Waals surface area contributed by atoms with Gasteiger partial charge in [-0.25, -0.2) is 0 Å². The molecule has 1 heterocycles. The molecule has 1 aromatic rings. The van der Waals surface area contributed by atoms with E-state index in [1.165, 1.54) is 49.8 Å². The number of piperidine rings is 1. The first-order valence-corrected chi connectivity index (χ1v) is 8.06. The maximum Gasteiger partial charge on any atom is 0.172 e. The summed E-state index contributed by atoms with van der Waals surface area (Å²) < 4.78 is 0. The predicted octanol–water partition coefficient (Wildman–Crippen LogP) is 3.25. The number of rotatable bonds is 2. The SMILES string of the molecule is Cc1cccc(/C(N)=N/O)c1N1CCC[C@H]2CCCC[C@H]21. The number of benzene rings is 1. The van der Waals surface area contributed by atoms with Crippen LogP contribution in [0.15, 0.2) is 23.4 Å². The lowest BCUT2D eigenvalue weighted by atomic mass is 9.78. The van der Waals surface area contributed by atoms with Crippen molar-refractivity contribution in [2.24, 2.45) is 16.8 Å². The van der Waals surface area contributed by atoms with Crippen molar-refractivity contribution >= 4 is 11.5 Å². The lowest BCUT2D eigenvalue weighted by Gasteiger charge is -2.46. The molecule has 1 saturated carbocycles. The van der Waals surface area contributed by atoms with Crippen LogP contribution in [0.25, 0.3) is 0 Å². The Balaban J connectivity index is 2.02. The molecule has 0 aromatic heterocycles. The Kier molecular flexibility index (Phi) is 4.04. The number of oxime groups is 1. The van der Waals surface area contributed by atoms with E-state index in [4.69, 9.17) is 10.9 Å². The van der Waals surface area contributed by atoms with E-state index in [1.807, 2.05) is 12.1 Å². The van der Waals surface area contributed by atoms with E-state index in [9.17, 15) is 0 Å². The highest BCUT2D eigenvalue weighted by atomic mass is 16.4. The minimum Gasteiger partial charge on any atom is -0.409 e. The van der Waals surface area contributed by atoms with Crippen LogP contribution in [0.5, 0.6) is 0 Å². The second kappa shape index (κ2) is 5.96. The first kappa shape index (κ1) is 14.2. The molecule has 21 heavy (non-hydrogen) atoms. The van der Waals surface area contributed by atoms with Gasteiger partial charge >= 0.3 is 0 Å². The molecule has 3 rings (SSSR count). The molecular weight excluding hydrogens is 262 g/mol. The van der Waals surface area contributed by atoms with E-state index >= 15 is 0 Å². The van der Waals surface area contributed by atoms with Gasteiger partial charge in [-0.2, -0.15) is 0 Å². The van der Waals surface area contributed by atoms with E-state index in [0.717, 1.165) is 18.0 Å². The zero-order valence-corrected chi connectivity index (χ0v) is 12.8. The Morgan fingerprint density at radius 2 is 2.00 bits per heavy atom. The highest BCUT2D eigenvalue weighted by Gasteiger charge is 2.34. The third-order valence-electron chi connectivity index (χ3n) is 5.15. The van der Waals surface area contributed by atoms with E-state index in [1.54, 1.807) is 0 Å². The molecule has 0 bridgehead atoms. The molecular formula is C17H25N3O. The third kappa shape index (κ3) is 2.59. The van der Waals surface area contributed by atoms with Crippen molar-refractivity contribution in [2.75, 3.05) is 11.4 Å². The molecule has 0 amide bonds. The summed E-state index contributed by atoms with van der Waals surface area (Å²) in [5, 5.41) is 12.3. The minimum atomic E-state index is 0.214. The zero-order chi connectivity index (χ0) is 14.8. The van der Waals surface area contributed by atoms with Gasteiger partial charge in [0.25, 0.3) is 0 Å². The number of anilines is 1. The molecule has 0 unspecified atom stereocenters. The molecule has 0 spiro atoms. The summed E-state index contributed by atoms with van der Waals surface area (Å²) >= 11 is 0. The van der Waals surface area contributed by atoms with Crippen LogP contribution in [0.2, 0.25) is 0 Å². The molecule has 2 aliphatic rings. The van der Waals surface area contributed by atoms with E-state index in [-0.39, 0.29) is 5.84 Å². The number of fused-ring (bicyclic) bond motifs is 1. The molecule has 2 fully saturated rings. The average Bonchev–Trinajstić information content (AvgIpc) is 2.53. The lowest BCUT2D eigenvalue weighted by molar-refractivity contribution is 0.243. The molecule has 1 aliphatic carbocycles. The summed E-state index contributed by atoms with van der Waals surface area (Å²) in [6, 6.07) is 6.69. The summed E-state index contributed by atoms with van der Waals surface area (Å²) in [4.78, 5) is 2.54. The zero-order valence-electron chi connectivity index (χ0n) is 12.8. The first-order chi connectivity index (χ1) is 10.2. The molecule has 0 radical (unpaired) electrons. The van der Waals surface area contributed by atoms with Gasteiger partial charge in [-0.3, -0.25) is 0 Å². The van der Waals surface area contributed by atoms with Crippen LogP contribution in [0.3, 0.4) is 0 Å². The Labute approximate surface area is 126 Å². The molecule has 4 nitrogen and oxygen atoms in total. The number of nitrogens with zero attached hydrogens (tertiary/aromatic N) is 2. The van der Waals surface area contributed by atoms with Crippen LogP contribution in [0.4, 0.5) is 5.69 Å². The number of amidine groups is 1. The van der Waals surface area contributed by atoms with Crippen molar-refractivity contribution in [3.63, 3.8) is 0 Å². The molecule has 4 heteroatoms. The second-order valence-electron chi connectivity index (χ2n) is 6.40. The van der Waals surface area contributed by atoms with Gasteiger partial charge in [-0.15, -0.1) is 0 Å². The minimum absolute atomic E-state index is 0.214. The van der Waals surface area contributed by atoms with Gasteiger partial charge in [0.1, 0.15) is 0 Å². The van der Waals surface area contributed by atoms with Gasteiger partial charge < -0.3 is 15.8 Å². The van der Waals surface area contributed by atoms with Gasteiger partial charge in [0, 0.05) is 18.2 Å². The number of nitrogens with two attached hydrogens (primary N) is 1. The largest absolute Gasteiger partial charge is 0.409 e. The van der Waals surface area contributed by atoms with Gasteiger partial charge in [0.15, 0.2) is 5.84 Å². The Morgan fingerprint density at radius 3 is 2.81 bits per heavy atom. The molecule has 114 valence electrons. The normalized spacial score (nSPS) is 26.5. The molecule has 1 aromatic carbocycles. The topological polar surface area (TPSA) is 61.9 Å². The molecule has 1 saturated heterocycles. The van der Waals surface area contributed by atoms with E-state index in [2.05, 4.69) is 23.0 Å². The summed E-state index contributed by atoms with van der Waals surface area (Å²) in [6.45, 7) is 3.20. The van der Waals surface area contributed by atoms with Crippen molar-refractivity contribution in [1.29, 1.82) is 0 Å². The highest BCUT2D eigenvalue weighted by molar-refractivity contribution is 6.02. The fraction of sp³-hybridized carbons (Fsp3) is 0.588. The third-order valence-corrected chi connectivity index (χ3v) is 5.15. The maximum absolute atomic E-state index is 9.08. The highest BCUT2D eigenvalue weighted by Crippen LogP contribution is 2.39. The van der Waals surface area contributed by atoms with Gasteiger partial charge in [-0.1, -0.05) is 30.1 Å². The summed E-state index contributed by atoms with van der Waals surface area (Å²) in [7, 11) is 0. The van der Waals surface area contributed by atoms with Crippen molar-refractivity contribution < 1.29 is 5.21 Å². The number of hydrogen-bond acceptors (Lipinski definition) is 3. The summed E-state index contributed by atoms with van der Waals surface area (Å²) in [5.74, 6) is 1.03. The van der Waals surface area contributed by atoms with Crippen molar-refractivity contribution in [3.05, 3.63) is 29.3 Å². The Morgan fingerprint density at radius 1 is 1.24 bits per heavy atom. The summed E-state index contributed by atoms with van der Waals surface area (Å²) in [5.41, 5.74) is 9.16. The monoisotopic (exact) mass is 287 g/mol. The Hall–Kier alpha value is -1.71. The van der Waals surface area contributed by atoms with Crippen molar-refractivity contribution in [3.8, 4) is 0 Å². The van der Waals surface area contributed by atoms with Crippen molar-refractivity contribution in [2.45, 2.75) is 51.5 Å². The second-order valence-corrected chi connectivity index (χ2v) is 6.40. The number of para-hydroxylation sites is 1. The van der Waals surface area contributed by atoms with Gasteiger partial charge in [-0.05, 0) is 50.2 Å².